The van der Waals surface area contributed by atoms with Crippen molar-refractivity contribution in [3.63, 3.8) is 0 Å². The highest BCUT2D eigenvalue weighted by molar-refractivity contribution is 6.13. The summed E-state index contributed by atoms with van der Waals surface area (Å²) in [6, 6.07) is 44.2. The van der Waals surface area contributed by atoms with Crippen molar-refractivity contribution in [2.45, 2.75) is 13.8 Å². The molecule has 0 unspecified atom stereocenters. The maximum Gasteiger partial charge on any atom is 0.164 e. The number of hydrogen-bond acceptors (Lipinski definition) is 3. The summed E-state index contributed by atoms with van der Waals surface area (Å²) in [6.45, 7) is 4.27. The second kappa shape index (κ2) is 10.9. The highest BCUT2D eigenvalue weighted by Gasteiger charge is 2.15. The van der Waals surface area contributed by atoms with Crippen molar-refractivity contribution < 1.29 is 0 Å². The van der Waals surface area contributed by atoms with Gasteiger partial charge in [-0.15, -0.1) is 0 Å². The van der Waals surface area contributed by atoms with E-state index < -0.39 is 0 Å². The summed E-state index contributed by atoms with van der Waals surface area (Å²) in [5.41, 5.74) is 7.66. The Balaban J connectivity index is 1.44. The van der Waals surface area contributed by atoms with Crippen LogP contribution in [0.25, 0.3) is 72.9 Å². The van der Waals surface area contributed by atoms with Crippen molar-refractivity contribution in [1.82, 2.24) is 15.0 Å². The molecule has 3 nitrogen and oxygen atoms in total. The first kappa shape index (κ1) is 25.6. The molecule has 6 aromatic carbocycles. The van der Waals surface area contributed by atoms with Crippen LogP contribution < -0.4 is 0 Å². The molecule has 0 amide bonds. The fourth-order valence-corrected chi connectivity index (χ4v) is 5.73. The lowest BCUT2D eigenvalue weighted by atomic mass is 9.91. The van der Waals surface area contributed by atoms with Crippen molar-refractivity contribution in [1.29, 1.82) is 0 Å². The van der Waals surface area contributed by atoms with Gasteiger partial charge in [0.1, 0.15) is 0 Å². The molecular formula is C39H29N3. The van der Waals surface area contributed by atoms with Crippen LogP contribution in [-0.2, 0) is 0 Å². The normalized spacial score (nSPS) is 11.5. The molecular weight excluding hydrogens is 510 g/mol. The highest BCUT2D eigenvalue weighted by atomic mass is 15.0. The number of fused-ring (bicyclic) bond motifs is 3. The van der Waals surface area contributed by atoms with Gasteiger partial charge in [0, 0.05) is 16.7 Å². The largest absolute Gasteiger partial charge is 0.208 e. The van der Waals surface area contributed by atoms with Crippen molar-refractivity contribution in [2.75, 3.05) is 0 Å². The standard InChI is InChI=1S/C39H29N3/c1-3-13-32-26(2)36-25-31(22-23-35(36)34-21-11-10-20-33(32)34)39-41-37(28-16-8-5-9-17-28)40-38(42-39)30-19-12-18-29(24-30)27-14-6-4-7-15-27/h3-25H,1-2H3/b13-3-. The summed E-state index contributed by atoms with van der Waals surface area (Å²) in [7, 11) is 0. The topological polar surface area (TPSA) is 38.7 Å². The average molecular weight is 540 g/mol. The summed E-state index contributed by atoms with van der Waals surface area (Å²) in [5, 5.41) is 4.94. The first-order valence-corrected chi connectivity index (χ1v) is 14.2. The van der Waals surface area contributed by atoms with Crippen molar-refractivity contribution >= 4 is 27.6 Å². The van der Waals surface area contributed by atoms with E-state index in [0.29, 0.717) is 17.5 Å². The van der Waals surface area contributed by atoms with E-state index in [2.05, 4.69) is 117 Å². The van der Waals surface area contributed by atoms with Crippen molar-refractivity contribution in [2.24, 2.45) is 0 Å². The van der Waals surface area contributed by atoms with Gasteiger partial charge in [-0.2, -0.15) is 0 Å². The van der Waals surface area contributed by atoms with Crippen molar-refractivity contribution in [3.05, 3.63) is 145 Å². The zero-order chi connectivity index (χ0) is 28.5. The van der Waals surface area contributed by atoms with E-state index in [1.165, 1.54) is 32.7 Å². The van der Waals surface area contributed by atoms with Gasteiger partial charge in [-0.3, -0.25) is 0 Å². The number of benzene rings is 6. The second-order valence-electron chi connectivity index (χ2n) is 10.5. The van der Waals surface area contributed by atoms with Crippen LogP contribution in [0, 0.1) is 6.92 Å². The molecule has 0 aliphatic heterocycles. The summed E-state index contributed by atoms with van der Waals surface area (Å²) < 4.78 is 0. The van der Waals surface area contributed by atoms with Crippen LogP contribution >= 0.6 is 0 Å². The minimum Gasteiger partial charge on any atom is -0.208 e. The molecule has 7 aromatic rings. The van der Waals surface area contributed by atoms with Gasteiger partial charge >= 0.3 is 0 Å². The smallest absolute Gasteiger partial charge is 0.164 e. The molecule has 1 heterocycles. The summed E-state index contributed by atoms with van der Waals surface area (Å²) in [6.07, 6.45) is 4.32. The van der Waals surface area contributed by atoms with Gasteiger partial charge in [0.05, 0.1) is 0 Å². The van der Waals surface area contributed by atoms with Crippen LogP contribution in [0.5, 0.6) is 0 Å². The Hall–Kier alpha value is -5.41. The van der Waals surface area contributed by atoms with Gasteiger partial charge in [0.2, 0.25) is 0 Å². The monoisotopic (exact) mass is 539 g/mol. The first-order chi connectivity index (χ1) is 20.7. The molecule has 3 heteroatoms. The van der Waals surface area contributed by atoms with Gasteiger partial charge in [-0.25, -0.2) is 15.0 Å². The molecule has 1 aromatic heterocycles. The molecule has 42 heavy (non-hydrogen) atoms. The van der Waals surface area contributed by atoms with E-state index in [-0.39, 0.29) is 0 Å². The van der Waals surface area contributed by atoms with Gasteiger partial charge in [-0.1, -0.05) is 127 Å². The van der Waals surface area contributed by atoms with Crippen LogP contribution in [0.1, 0.15) is 18.1 Å². The van der Waals surface area contributed by atoms with E-state index >= 15 is 0 Å². The lowest BCUT2D eigenvalue weighted by Gasteiger charge is -2.14. The number of nitrogens with zero attached hydrogens (tertiary/aromatic N) is 3. The zero-order valence-corrected chi connectivity index (χ0v) is 23.6. The average Bonchev–Trinajstić information content (AvgIpc) is 3.07. The Bertz CT molecular complexity index is 2100. The van der Waals surface area contributed by atoms with Gasteiger partial charge in [0.15, 0.2) is 17.5 Å². The van der Waals surface area contributed by atoms with Crippen molar-refractivity contribution in [3.8, 4) is 45.3 Å². The summed E-state index contributed by atoms with van der Waals surface area (Å²) >= 11 is 0. The molecule has 0 atom stereocenters. The Kier molecular flexibility index (Phi) is 6.61. The maximum atomic E-state index is 5.06. The molecule has 0 fully saturated rings. The lowest BCUT2D eigenvalue weighted by Crippen LogP contribution is -2.00. The van der Waals surface area contributed by atoms with Gasteiger partial charge < -0.3 is 0 Å². The minimum absolute atomic E-state index is 0.654. The molecule has 200 valence electrons. The number of aryl methyl sites for hydroxylation is 1. The van der Waals surface area contributed by atoms with E-state index in [4.69, 9.17) is 15.0 Å². The molecule has 0 saturated heterocycles. The van der Waals surface area contributed by atoms with Crippen LogP contribution in [0.4, 0.5) is 0 Å². The molecule has 0 spiro atoms. The third kappa shape index (κ3) is 4.65. The van der Waals surface area contributed by atoms with E-state index in [0.717, 1.165) is 27.8 Å². The Morgan fingerprint density at radius 1 is 0.429 bits per heavy atom. The van der Waals surface area contributed by atoms with Crippen LogP contribution in [0.2, 0.25) is 0 Å². The predicted octanol–water partition coefficient (Wildman–Crippen LogP) is 10.2. The quantitative estimate of drug-likeness (QED) is 0.204. The molecule has 7 rings (SSSR count). The van der Waals surface area contributed by atoms with Crippen LogP contribution in [0.15, 0.2) is 133 Å². The minimum atomic E-state index is 0.654. The lowest BCUT2D eigenvalue weighted by molar-refractivity contribution is 1.07. The number of hydrogen-bond donors (Lipinski definition) is 0. The fourth-order valence-electron chi connectivity index (χ4n) is 5.73. The number of allylic oxidation sites excluding steroid dienone is 1. The molecule has 0 bridgehead atoms. The molecule has 0 saturated carbocycles. The number of rotatable bonds is 5. The third-order valence-corrected chi connectivity index (χ3v) is 7.82. The van der Waals surface area contributed by atoms with E-state index in [1.807, 2.05) is 36.4 Å². The molecule has 0 aliphatic rings. The SMILES string of the molecule is C/C=C\c1c(C)c2cc(-c3nc(-c4ccccc4)nc(-c4cccc(-c5ccccc5)c4)n3)ccc2c2ccccc12. The Labute approximate surface area is 245 Å². The first-order valence-electron chi connectivity index (χ1n) is 14.2. The molecule has 0 radical (unpaired) electrons. The van der Waals surface area contributed by atoms with Gasteiger partial charge in [-0.05, 0) is 69.8 Å². The third-order valence-electron chi connectivity index (χ3n) is 7.82. The fraction of sp³-hybridized carbons (Fsp3) is 0.0513. The second-order valence-corrected chi connectivity index (χ2v) is 10.5. The molecule has 0 N–H and O–H groups in total. The Morgan fingerprint density at radius 3 is 1.64 bits per heavy atom. The summed E-state index contributed by atoms with van der Waals surface area (Å²) in [5.74, 6) is 1.97. The van der Waals surface area contributed by atoms with Crippen LogP contribution in [-0.4, -0.2) is 15.0 Å². The predicted molar refractivity (Wildman–Crippen MR) is 176 cm³/mol. The zero-order valence-electron chi connectivity index (χ0n) is 23.6. The summed E-state index contributed by atoms with van der Waals surface area (Å²) in [4.78, 5) is 15.0. The van der Waals surface area contributed by atoms with Gasteiger partial charge in [0.25, 0.3) is 0 Å². The van der Waals surface area contributed by atoms with E-state index in [9.17, 15) is 0 Å². The number of aromatic nitrogens is 3. The molecule has 0 aliphatic carbocycles. The Morgan fingerprint density at radius 2 is 0.952 bits per heavy atom. The van der Waals surface area contributed by atoms with Crippen LogP contribution in [0.3, 0.4) is 0 Å². The highest BCUT2D eigenvalue weighted by Crippen LogP contribution is 2.36. The van der Waals surface area contributed by atoms with E-state index in [1.54, 1.807) is 0 Å². The maximum absolute atomic E-state index is 5.06.